The van der Waals surface area contributed by atoms with E-state index < -0.39 is 17.8 Å². The third-order valence-corrected chi connectivity index (χ3v) is 3.97. The zero-order valence-electron chi connectivity index (χ0n) is 12.2. The third kappa shape index (κ3) is 3.18. The van der Waals surface area contributed by atoms with Crippen LogP contribution in [0.5, 0.6) is 5.75 Å². The molecular weight excluding hydrogens is 300 g/mol. The van der Waals surface area contributed by atoms with Gasteiger partial charge in [-0.1, -0.05) is 12.2 Å². The zero-order chi connectivity index (χ0) is 16.4. The summed E-state index contributed by atoms with van der Waals surface area (Å²) in [7, 11) is 0. The predicted molar refractivity (Wildman–Crippen MR) is 82.2 cm³/mol. The first kappa shape index (κ1) is 15.1. The van der Waals surface area contributed by atoms with Crippen LogP contribution in [0.2, 0.25) is 0 Å². The molecule has 1 aromatic rings. The second-order valence-corrected chi connectivity index (χ2v) is 5.53. The Bertz CT molecular complexity index is 698. The number of benzene rings is 1. The van der Waals surface area contributed by atoms with Crippen molar-refractivity contribution in [3.05, 3.63) is 30.4 Å². The van der Waals surface area contributed by atoms with E-state index in [2.05, 4.69) is 10.6 Å². The Hall–Kier alpha value is -2.83. The molecule has 1 aliphatic carbocycles. The van der Waals surface area contributed by atoms with Gasteiger partial charge in [-0.3, -0.25) is 14.4 Å². The van der Waals surface area contributed by atoms with Crippen molar-refractivity contribution >= 4 is 29.2 Å². The molecule has 0 bridgehead atoms. The molecule has 1 aromatic carbocycles. The van der Waals surface area contributed by atoms with Crippen LogP contribution >= 0.6 is 0 Å². The van der Waals surface area contributed by atoms with E-state index in [0.29, 0.717) is 30.0 Å². The van der Waals surface area contributed by atoms with Gasteiger partial charge in [0, 0.05) is 5.69 Å². The molecule has 0 radical (unpaired) electrons. The fourth-order valence-electron chi connectivity index (χ4n) is 2.77. The molecule has 1 aliphatic heterocycles. The van der Waals surface area contributed by atoms with Crippen molar-refractivity contribution in [1.82, 2.24) is 0 Å². The van der Waals surface area contributed by atoms with Crippen LogP contribution in [0.15, 0.2) is 30.4 Å². The van der Waals surface area contributed by atoms with Crippen LogP contribution in [-0.2, 0) is 14.4 Å². The van der Waals surface area contributed by atoms with Gasteiger partial charge in [-0.2, -0.15) is 0 Å². The fraction of sp³-hybridized carbons (Fsp3) is 0.312. The minimum atomic E-state index is -0.972. The average Bonchev–Trinajstić information content (AvgIpc) is 2.54. The predicted octanol–water partition coefficient (Wildman–Crippen LogP) is 1.62. The maximum Gasteiger partial charge on any atom is 0.307 e. The zero-order valence-corrected chi connectivity index (χ0v) is 12.2. The first-order valence-electron chi connectivity index (χ1n) is 7.30. The molecule has 0 saturated heterocycles. The van der Waals surface area contributed by atoms with E-state index in [1.165, 1.54) is 0 Å². The van der Waals surface area contributed by atoms with E-state index in [0.717, 1.165) is 0 Å². The monoisotopic (exact) mass is 316 g/mol. The number of hydrogen-bond donors (Lipinski definition) is 3. The first-order chi connectivity index (χ1) is 11.0. The number of amides is 2. The number of carbonyl (C=O) groups is 3. The van der Waals surface area contributed by atoms with Crippen LogP contribution in [0.1, 0.15) is 12.8 Å². The normalized spacial score (nSPS) is 22.5. The highest BCUT2D eigenvalue weighted by Crippen LogP contribution is 2.32. The maximum absolute atomic E-state index is 12.4. The van der Waals surface area contributed by atoms with Gasteiger partial charge in [0.05, 0.1) is 17.5 Å². The summed E-state index contributed by atoms with van der Waals surface area (Å²) in [4.78, 5) is 35.0. The van der Waals surface area contributed by atoms with E-state index in [-0.39, 0.29) is 18.4 Å². The summed E-state index contributed by atoms with van der Waals surface area (Å²) in [5.41, 5.74) is 0.968. The van der Waals surface area contributed by atoms with Crippen LogP contribution < -0.4 is 15.4 Å². The summed E-state index contributed by atoms with van der Waals surface area (Å²) in [6, 6.07) is 4.90. The molecule has 3 N–H and O–H groups in total. The highest BCUT2D eigenvalue weighted by atomic mass is 16.5. The lowest BCUT2D eigenvalue weighted by Gasteiger charge is -2.24. The standard InChI is InChI=1S/C16H16N2O5/c19-14-8-23-13-6-5-9(7-12(13)18-14)17-15(20)10-3-1-2-4-11(10)16(21)22/h1-2,5-7,10-11H,3-4,8H2,(H,17,20)(H,18,19)(H,21,22). The number of carboxylic acids is 1. The smallest absolute Gasteiger partial charge is 0.307 e. The number of ether oxygens (including phenoxy) is 1. The number of carbonyl (C=O) groups excluding carboxylic acids is 2. The van der Waals surface area contributed by atoms with Gasteiger partial charge >= 0.3 is 5.97 Å². The van der Waals surface area contributed by atoms with Crippen molar-refractivity contribution in [3.8, 4) is 5.75 Å². The Balaban J connectivity index is 1.75. The quantitative estimate of drug-likeness (QED) is 0.735. The Labute approximate surface area is 132 Å². The summed E-state index contributed by atoms with van der Waals surface area (Å²) in [5, 5.41) is 14.6. The second kappa shape index (κ2) is 6.12. The van der Waals surface area contributed by atoms with Gasteiger partial charge in [0.2, 0.25) is 5.91 Å². The van der Waals surface area contributed by atoms with Gasteiger partial charge in [0.15, 0.2) is 6.61 Å². The lowest BCUT2D eigenvalue weighted by atomic mass is 9.82. The molecule has 7 nitrogen and oxygen atoms in total. The summed E-state index contributed by atoms with van der Waals surface area (Å²) >= 11 is 0. The number of anilines is 2. The molecule has 2 amide bonds. The SMILES string of the molecule is O=C1COc2ccc(NC(=O)C3CC=CCC3C(=O)O)cc2N1. The molecule has 2 atom stereocenters. The number of hydrogen-bond acceptors (Lipinski definition) is 4. The van der Waals surface area contributed by atoms with Crippen molar-refractivity contribution < 1.29 is 24.2 Å². The van der Waals surface area contributed by atoms with Gasteiger partial charge < -0.3 is 20.5 Å². The van der Waals surface area contributed by atoms with Crippen molar-refractivity contribution in [2.24, 2.45) is 11.8 Å². The van der Waals surface area contributed by atoms with E-state index in [4.69, 9.17) is 4.74 Å². The van der Waals surface area contributed by atoms with Crippen LogP contribution in [-0.4, -0.2) is 29.5 Å². The van der Waals surface area contributed by atoms with E-state index in [1.807, 2.05) is 6.08 Å². The summed E-state index contributed by atoms with van der Waals surface area (Å²) in [5.74, 6) is -2.37. The van der Waals surface area contributed by atoms with Gasteiger partial charge in [-0.25, -0.2) is 0 Å². The van der Waals surface area contributed by atoms with E-state index >= 15 is 0 Å². The molecule has 0 fully saturated rings. The summed E-state index contributed by atoms with van der Waals surface area (Å²) in [6.07, 6.45) is 4.36. The molecule has 0 aromatic heterocycles. The van der Waals surface area contributed by atoms with Gasteiger partial charge in [-0.05, 0) is 31.0 Å². The van der Waals surface area contributed by atoms with Crippen molar-refractivity contribution in [1.29, 1.82) is 0 Å². The Morgan fingerprint density at radius 3 is 2.70 bits per heavy atom. The number of rotatable bonds is 3. The average molecular weight is 316 g/mol. The van der Waals surface area contributed by atoms with Gasteiger partial charge in [0.25, 0.3) is 5.91 Å². The van der Waals surface area contributed by atoms with Crippen LogP contribution in [0.4, 0.5) is 11.4 Å². The molecule has 2 aliphatic rings. The van der Waals surface area contributed by atoms with E-state index in [1.54, 1.807) is 24.3 Å². The number of fused-ring (bicyclic) bond motifs is 1. The molecule has 1 heterocycles. The molecule has 3 rings (SSSR count). The molecule has 7 heteroatoms. The Morgan fingerprint density at radius 2 is 1.96 bits per heavy atom. The Morgan fingerprint density at radius 1 is 1.22 bits per heavy atom. The van der Waals surface area contributed by atoms with Crippen molar-refractivity contribution in [2.75, 3.05) is 17.2 Å². The highest BCUT2D eigenvalue weighted by Gasteiger charge is 2.34. The first-order valence-corrected chi connectivity index (χ1v) is 7.30. The number of nitrogens with one attached hydrogen (secondary N) is 2. The van der Waals surface area contributed by atoms with Crippen molar-refractivity contribution in [3.63, 3.8) is 0 Å². The molecular formula is C16H16N2O5. The lowest BCUT2D eigenvalue weighted by molar-refractivity contribution is -0.146. The maximum atomic E-state index is 12.4. The second-order valence-electron chi connectivity index (χ2n) is 5.53. The third-order valence-electron chi connectivity index (χ3n) is 3.97. The minimum Gasteiger partial charge on any atom is -0.482 e. The topological polar surface area (TPSA) is 105 Å². The summed E-state index contributed by atoms with van der Waals surface area (Å²) < 4.78 is 5.25. The number of allylic oxidation sites excluding steroid dienone is 2. The van der Waals surface area contributed by atoms with Crippen LogP contribution in [0, 0.1) is 11.8 Å². The van der Waals surface area contributed by atoms with Gasteiger partial charge in [-0.15, -0.1) is 0 Å². The lowest BCUT2D eigenvalue weighted by Crippen LogP contribution is -2.34. The van der Waals surface area contributed by atoms with Crippen LogP contribution in [0.25, 0.3) is 0 Å². The van der Waals surface area contributed by atoms with Gasteiger partial charge in [0.1, 0.15) is 5.75 Å². The molecule has 0 spiro atoms. The number of aliphatic carboxylic acids is 1. The summed E-state index contributed by atoms with van der Waals surface area (Å²) in [6.45, 7) is -0.0343. The molecule has 120 valence electrons. The number of carboxylic acid groups (broad SMARTS) is 1. The van der Waals surface area contributed by atoms with Crippen LogP contribution in [0.3, 0.4) is 0 Å². The Kier molecular flexibility index (Phi) is 4.01. The fourth-order valence-corrected chi connectivity index (χ4v) is 2.77. The van der Waals surface area contributed by atoms with Crippen molar-refractivity contribution in [2.45, 2.75) is 12.8 Å². The largest absolute Gasteiger partial charge is 0.482 e. The molecule has 0 saturated carbocycles. The molecule has 2 unspecified atom stereocenters. The molecule has 23 heavy (non-hydrogen) atoms. The van der Waals surface area contributed by atoms with E-state index in [9.17, 15) is 19.5 Å². The highest BCUT2D eigenvalue weighted by molar-refractivity contribution is 5.99. The minimum absolute atomic E-state index is 0.0343.